The third-order valence-corrected chi connectivity index (χ3v) is 11.1. The Morgan fingerprint density at radius 2 is 2.04 bits per heavy atom. The summed E-state index contributed by atoms with van der Waals surface area (Å²) in [6.07, 6.45) is 0.514. The third-order valence-electron chi connectivity index (χ3n) is 9.08. The molecule has 2 saturated heterocycles. The van der Waals surface area contributed by atoms with Gasteiger partial charge in [0.2, 0.25) is 0 Å². The Morgan fingerprint density at radius 1 is 1.27 bits per heavy atom. The zero-order valence-corrected chi connectivity index (χ0v) is 33.9. The number of nitrogens with zero attached hydrogens (tertiary/aromatic N) is 4. The van der Waals surface area contributed by atoms with Crippen LogP contribution in [0.1, 0.15) is 53.9 Å². The minimum atomic E-state index is -0.921. The number of amides is 1. The third kappa shape index (κ3) is 6.94. The van der Waals surface area contributed by atoms with Gasteiger partial charge in [0.05, 0.1) is 26.9 Å². The van der Waals surface area contributed by atoms with E-state index in [4.69, 9.17) is 19.2 Å². The summed E-state index contributed by atoms with van der Waals surface area (Å²) in [6.45, 7) is 11.4. The number of carbonyl (C=O) groups excluding carboxylic acids is 1. The minimum Gasteiger partial charge on any atom is -0.490 e. The molecule has 15 heteroatoms. The van der Waals surface area contributed by atoms with Gasteiger partial charge >= 0.3 is 12.1 Å². The average Bonchev–Trinajstić information content (AvgIpc) is 3.63. The standard InChI is InChI=1S/C34H36F3IN5O4S.Ce/c1-17(2)43-11-12-45-28-24-27(40-31(41-30(24)43)46-16-34-9-6-10-42(34)15-18(35)14-34)25(37)23(26(28)38)19-7-8-21(36)29-20(19)13-22(48-29)39-32(44)47-33(3,4)5;/h7-8,17-18H,6,9-12,14-16H2,1-5H3,(H,39,44);/q-1;/t18-,34+;/m1./s1. The zero-order chi connectivity index (χ0) is 34.1. The second kappa shape index (κ2) is 14.0. The Bertz CT molecular complexity index is 1940. The van der Waals surface area contributed by atoms with Crippen molar-refractivity contribution in [1.82, 2.24) is 14.9 Å². The maximum Gasteiger partial charge on any atom is 0.411 e. The fourth-order valence-electron chi connectivity index (χ4n) is 7.07. The Balaban J connectivity index is 0.00000417. The van der Waals surface area contributed by atoms with Crippen LogP contribution >= 0.6 is 33.9 Å². The molecule has 0 radical (unpaired) electrons. The first-order valence-corrected chi connectivity index (χ1v) is 17.9. The van der Waals surface area contributed by atoms with Crippen molar-refractivity contribution in [3.63, 3.8) is 0 Å². The Labute approximate surface area is 334 Å². The molecule has 2 aromatic carbocycles. The number of thiophene rings is 1. The monoisotopic (exact) mass is 934 g/mol. The maximum absolute atomic E-state index is 17.1. The van der Waals surface area contributed by atoms with Gasteiger partial charge in [-0.25, -0.2) is 18.0 Å². The number of hydrogen-bond donors (Lipinski definition) is 1. The SMILES string of the molecule is CC(C)N1CCOc2c(I)c(-c3ccc(F)c4sc(NC(=O)OC(C)(C)C)[c-]c34)c(F)c3nc(OC[C@@]45CCCN4C[C@H](F)C5)nc1c23.[Ce]. The fraction of sp³-hybridized carbons (Fsp3) is 0.500. The molecular formula is C34H36CeF3IN5O4S-. The summed E-state index contributed by atoms with van der Waals surface area (Å²) in [5, 5.41) is 3.56. The van der Waals surface area contributed by atoms with Crippen LogP contribution < -0.4 is 19.7 Å². The van der Waals surface area contributed by atoms with Crippen molar-refractivity contribution >= 4 is 71.8 Å². The number of hydrogen-bond acceptors (Lipinski definition) is 9. The van der Waals surface area contributed by atoms with Gasteiger partial charge in [-0.15, -0.1) is 17.7 Å². The Morgan fingerprint density at radius 3 is 2.78 bits per heavy atom. The van der Waals surface area contributed by atoms with Gasteiger partial charge < -0.3 is 19.1 Å². The van der Waals surface area contributed by atoms with Crippen LogP contribution in [0, 0.1) is 63.0 Å². The number of halogens is 4. The Kier molecular flexibility index (Phi) is 10.6. The van der Waals surface area contributed by atoms with Crippen molar-refractivity contribution in [1.29, 1.82) is 0 Å². The molecule has 0 saturated carbocycles. The molecule has 2 aromatic heterocycles. The summed E-state index contributed by atoms with van der Waals surface area (Å²) in [7, 11) is 0. The summed E-state index contributed by atoms with van der Waals surface area (Å²) >= 11 is 3.04. The van der Waals surface area contributed by atoms with Gasteiger partial charge in [-0.2, -0.15) is 26.7 Å². The van der Waals surface area contributed by atoms with Crippen molar-refractivity contribution in [3.8, 4) is 22.9 Å². The van der Waals surface area contributed by atoms with Crippen LogP contribution in [0.3, 0.4) is 0 Å². The molecule has 9 nitrogen and oxygen atoms in total. The molecular weight excluding hydrogens is 898 g/mol. The van der Waals surface area contributed by atoms with E-state index in [1.54, 1.807) is 20.8 Å². The molecule has 2 atom stereocenters. The van der Waals surface area contributed by atoms with Crippen LogP contribution in [0.2, 0.25) is 0 Å². The van der Waals surface area contributed by atoms with E-state index in [1.807, 2.05) is 18.7 Å². The first-order chi connectivity index (χ1) is 22.7. The number of nitrogens with one attached hydrogen (secondary N) is 1. The average molecular weight is 935 g/mol. The van der Waals surface area contributed by atoms with Gasteiger partial charge in [0.1, 0.15) is 47.9 Å². The number of fused-ring (bicyclic) bond motifs is 2. The van der Waals surface area contributed by atoms with E-state index >= 15 is 8.78 Å². The van der Waals surface area contributed by atoms with Crippen molar-refractivity contribution < 1.29 is 73.9 Å². The van der Waals surface area contributed by atoms with Gasteiger partial charge in [0.25, 0.3) is 0 Å². The van der Waals surface area contributed by atoms with E-state index in [9.17, 15) is 9.18 Å². The van der Waals surface area contributed by atoms with Gasteiger partial charge in [-0.1, -0.05) is 0 Å². The summed E-state index contributed by atoms with van der Waals surface area (Å²) in [5.74, 6) is -0.274. The maximum atomic E-state index is 17.1. The largest absolute Gasteiger partial charge is 0.490 e. The van der Waals surface area contributed by atoms with Gasteiger partial charge in [0, 0.05) is 65.8 Å². The molecule has 5 heterocycles. The second-order valence-electron chi connectivity index (χ2n) is 13.9. The van der Waals surface area contributed by atoms with Crippen LogP contribution in [-0.4, -0.2) is 77.2 Å². The molecule has 1 amide bonds. The first kappa shape index (κ1) is 37.0. The van der Waals surface area contributed by atoms with Gasteiger partial charge in [0.15, 0.2) is 0 Å². The predicted octanol–water partition coefficient (Wildman–Crippen LogP) is 8.10. The molecule has 260 valence electrons. The van der Waals surface area contributed by atoms with E-state index in [1.165, 1.54) is 12.1 Å². The van der Waals surface area contributed by atoms with Gasteiger partial charge in [-0.05, 0) is 92.9 Å². The van der Waals surface area contributed by atoms with Crippen molar-refractivity contribution in [3.05, 3.63) is 33.4 Å². The molecule has 4 aromatic rings. The van der Waals surface area contributed by atoms with Crippen LogP contribution in [0.25, 0.3) is 32.1 Å². The molecule has 0 unspecified atom stereocenters. The zero-order valence-electron chi connectivity index (χ0n) is 27.8. The van der Waals surface area contributed by atoms with E-state index in [-0.39, 0.29) is 81.2 Å². The molecule has 3 aliphatic heterocycles. The van der Waals surface area contributed by atoms with Crippen LogP contribution in [0.5, 0.6) is 11.8 Å². The first-order valence-electron chi connectivity index (χ1n) is 16.0. The second-order valence-corrected chi connectivity index (χ2v) is 16.0. The summed E-state index contributed by atoms with van der Waals surface area (Å²) in [4.78, 5) is 26.1. The molecule has 0 aliphatic carbocycles. The van der Waals surface area contributed by atoms with Crippen molar-refractivity contribution in [2.45, 2.75) is 77.2 Å². The molecule has 0 spiro atoms. The van der Waals surface area contributed by atoms with E-state index in [0.29, 0.717) is 57.6 Å². The number of anilines is 2. The van der Waals surface area contributed by atoms with E-state index in [0.717, 1.165) is 30.7 Å². The van der Waals surface area contributed by atoms with Crippen LogP contribution in [-0.2, 0) is 4.74 Å². The van der Waals surface area contributed by atoms with E-state index in [2.05, 4.69) is 43.9 Å². The number of ether oxygens (including phenoxy) is 3. The number of aromatic nitrogens is 2. The van der Waals surface area contributed by atoms with Crippen LogP contribution in [0.15, 0.2) is 12.1 Å². The van der Waals surface area contributed by atoms with Crippen molar-refractivity contribution in [2.75, 3.05) is 43.1 Å². The van der Waals surface area contributed by atoms with E-state index < -0.39 is 35.0 Å². The Hall–Kier alpha value is -1.73. The molecule has 7 rings (SSSR count). The van der Waals surface area contributed by atoms with Crippen LogP contribution in [0.4, 0.5) is 28.8 Å². The predicted molar refractivity (Wildman–Crippen MR) is 188 cm³/mol. The molecule has 2 fully saturated rings. The number of carbonyl (C=O) groups is 1. The minimum absolute atomic E-state index is 0. The quantitative estimate of drug-likeness (QED) is 0.154. The van der Waals surface area contributed by atoms with Gasteiger partial charge in [-0.3, -0.25) is 10.2 Å². The normalized spacial score (nSPS) is 20.7. The van der Waals surface area contributed by atoms with Crippen molar-refractivity contribution in [2.24, 2.45) is 0 Å². The summed E-state index contributed by atoms with van der Waals surface area (Å²) < 4.78 is 65.4. The molecule has 0 bridgehead atoms. The fourth-order valence-corrected chi connectivity index (χ4v) is 8.94. The topological polar surface area (TPSA) is 89.0 Å². The molecule has 3 aliphatic rings. The number of alkyl halides is 1. The number of rotatable bonds is 6. The summed E-state index contributed by atoms with van der Waals surface area (Å²) in [6, 6.07) is 5.83. The number of benzene rings is 2. The summed E-state index contributed by atoms with van der Waals surface area (Å²) in [5.41, 5.74) is -0.655. The molecule has 1 N–H and O–H groups in total. The smallest absolute Gasteiger partial charge is 0.411 e. The molecule has 49 heavy (non-hydrogen) atoms.